The first kappa shape index (κ1) is 27.7. The summed E-state index contributed by atoms with van der Waals surface area (Å²) in [7, 11) is 3.26. The van der Waals surface area contributed by atoms with E-state index >= 15 is 0 Å². The van der Waals surface area contributed by atoms with Crippen LogP contribution >= 0.6 is 11.6 Å². The van der Waals surface area contributed by atoms with E-state index in [2.05, 4.69) is 32.6 Å². The molecule has 2 aliphatic carbocycles. The topological polar surface area (TPSA) is 65.1 Å². The van der Waals surface area contributed by atoms with Gasteiger partial charge in [-0.1, -0.05) is 39.3 Å². The van der Waals surface area contributed by atoms with E-state index in [0.717, 1.165) is 47.4 Å². The van der Waals surface area contributed by atoms with E-state index < -0.39 is 5.92 Å². The number of carbonyl (C=O) groups excluding carboxylic acids is 2. The van der Waals surface area contributed by atoms with E-state index in [-0.39, 0.29) is 22.4 Å². The summed E-state index contributed by atoms with van der Waals surface area (Å²) < 4.78 is 16.8. The molecule has 0 radical (unpaired) electrons. The number of hydrogen-bond donors (Lipinski definition) is 0. The Morgan fingerprint density at radius 3 is 2.00 bits per heavy atom. The third kappa shape index (κ3) is 5.33. The Morgan fingerprint density at radius 1 is 0.946 bits per heavy atom. The van der Waals surface area contributed by atoms with E-state index in [1.54, 1.807) is 14.2 Å². The van der Waals surface area contributed by atoms with E-state index in [1.807, 2.05) is 19.1 Å². The zero-order valence-electron chi connectivity index (χ0n) is 23.3. The lowest BCUT2D eigenvalue weighted by Crippen LogP contribution is -2.44. The van der Waals surface area contributed by atoms with Crippen LogP contribution in [-0.2, 0) is 14.3 Å². The molecular formula is C30H40ClNO5. The van der Waals surface area contributed by atoms with Crippen molar-refractivity contribution in [2.75, 3.05) is 34.0 Å². The fourth-order valence-electron chi connectivity index (χ4n) is 6.23. The van der Waals surface area contributed by atoms with E-state index in [1.165, 1.54) is 0 Å². The smallest absolute Gasteiger partial charge is 0.179 e. The van der Waals surface area contributed by atoms with Gasteiger partial charge < -0.3 is 19.1 Å². The van der Waals surface area contributed by atoms with Gasteiger partial charge in [0.15, 0.2) is 23.1 Å². The fraction of sp³-hybridized carbons (Fsp3) is 0.600. The molecule has 37 heavy (non-hydrogen) atoms. The van der Waals surface area contributed by atoms with Gasteiger partial charge in [0, 0.05) is 61.6 Å². The number of hydrogen-bond acceptors (Lipinski definition) is 6. The fourth-order valence-corrected chi connectivity index (χ4v) is 6.53. The highest BCUT2D eigenvalue weighted by Gasteiger charge is 2.49. The molecule has 0 spiro atoms. The van der Waals surface area contributed by atoms with Crippen molar-refractivity contribution in [3.63, 3.8) is 0 Å². The third-order valence-electron chi connectivity index (χ3n) is 7.62. The minimum absolute atomic E-state index is 0.0991. The number of benzene rings is 1. The van der Waals surface area contributed by atoms with Crippen LogP contribution in [0.25, 0.3) is 0 Å². The lowest BCUT2D eigenvalue weighted by atomic mass is 9.63. The molecule has 0 saturated heterocycles. The molecule has 4 rings (SSSR count). The van der Waals surface area contributed by atoms with Gasteiger partial charge in [-0.05, 0) is 54.7 Å². The molecule has 1 heterocycles. The molecule has 7 heteroatoms. The highest BCUT2D eigenvalue weighted by molar-refractivity contribution is 6.32. The second kappa shape index (κ2) is 10.5. The van der Waals surface area contributed by atoms with Crippen LogP contribution in [0.15, 0.2) is 34.7 Å². The largest absolute Gasteiger partial charge is 0.491 e. The molecule has 0 atom stereocenters. The zero-order valence-corrected chi connectivity index (χ0v) is 24.0. The maximum Gasteiger partial charge on any atom is 0.179 e. The Morgan fingerprint density at radius 2 is 1.51 bits per heavy atom. The van der Waals surface area contributed by atoms with Crippen LogP contribution in [0, 0.1) is 10.8 Å². The first-order valence-corrected chi connectivity index (χ1v) is 13.6. The lowest BCUT2D eigenvalue weighted by Gasteiger charge is -2.49. The molecule has 0 N–H and O–H groups in total. The van der Waals surface area contributed by atoms with Crippen LogP contribution in [0.3, 0.4) is 0 Å². The molecule has 0 unspecified atom stereocenters. The summed E-state index contributed by atoms with van der Waals surface area (Å²) in [6, 6.07) is 3.73. The summed E-state index contributed by atoms with van der Waals surface area (Å²) in [6.07, 6.45) is 3.23. The summed E-state index contributed by atoms with van der Waals surface area (Å²) in [6.45, 7) is 12.3. The van der Waals surface area contributed by atoms with Crippen LogP contribution in [0.5, 0.6) is 11.5 Å². The van der Waals surface area contributed by atoms with Crippen LogP contribution in [-0.4, -0.2) is 50.4 Å². The van der Waals surface area contributed by atoms with Crippen LogP contribution in [0.4, 0.5) is 0 Å². The molecule has 0 bridgehead atoms. The van der Waals surface area contributed by atoms with Crippen molar-refractivity contribution in [2.24, 2.45) is 10.8 Å². The number of rotatable bonds is 8. The van der Waals surface area contributed by atoms with Crippen LogP contribution in [0.2, 0.25) is 5.02 Å². The van der Waals surface area contributed by atoms with Gasteiger partial charge in [0.1, 0.15) is 0 Å². The maximum atomic E-state index is 13.9. The number of Topliss-reactive ketones (excluding diaryl/α,β-unsaturated/α-hetero) is 2. The Hall–Kier alpha value is -2.31. The molecule has 1 aromatic rings. The minimum atomic E-state index is -0.474. The molecule has 3 aliphatic rings. The number of allylic oxidation sites excluding steroid dienone is 4. The first-order valence-electron chi connectivity index (χ1n) is 13.2. The first-order chi connectivity index (χ1) is 17.4. The Labute approximate surface area is 226 Å². The van der Waals surface area contributed by atoms with Crippen LogP contribution < -0.4 is 9.47 Å². The molecule has 0 amide bonds. The quantitative estimate of drug-likeness (QED) is 0.360. The average Bonchev–Trinajstić information content (AvgIpc) is 2.78. The van der Waals surface area contributed by atoms with Gasteiger partial charge in [0.25, 0.3) is 0 Å². The number of ether oxygens (including phenoxy) is 3. The van der Waals surface area contributed by atoms with Crippen molar-refractivity contribution in [2.45, 2.75) is 72.6 Å². The number of halogens is 1. The second-order valence-electron chi connectivity index (χ2n) is 12.0. The Bertz CT molecular complexity index is 1110. The van der Waals surface area contributed by atoms with Gasteiger partial charge in [-0.25, -0.2) is 0 Å². The van der Waals surface area contributed by atoms with Crippen molar-refractivity contribution < 1.29 is 23.8 Å². The monoisotopic (exact) mass is 529 g/mol. The molecule has 1 aromatic carbocycles. The van der Waals surface area contributed by atoms with Crippen molar-refractivity contribution in [1.82, 2.24) is 4.90 Å². The molecule has 0 fully saturated rings. The highest BCUT2D eigenvalue weighted by atomic mass is 35.5. The zero-order chi connectivity index (χ0) is 27.1. The molecule has 0 saturated carbocycles. The summed E-state index contributed by atoms with van der Waals surface area (Å²) >= 11 is 6.69. The van der Waals surface area contributed by atoms with Crippen LogP contribution in [0.1, 0.15) is 78.2 Å². The molecule has 0 aromatic heterocycles. The number of methoxy groups -OCH3 is 2. The predicted molar refractivity (Wildman–Crippen MR) is 145 cm³/mol. The lowest BCUT2D eigenvalue weighted by molar-refractivity contribution is -0.119. The van der Waals surface area contributed by atoms with Gasteiger partial charge in [0.05, 0.1) is 18.7 Å². The van der Waals surface area contributed by atoms with E-state index in [0.29, 0.717) is 49.1 Å². The highest BCUT2D eigenvalue weighted by Crippen LogP contribution is 2.55. The second-order valence-corrected chi connectivity index (χ2v) is 12.4. The van der Waals surface area contributed by atoms with E-state index in [4.69, 9.17) is 25.8 Å². The third-order valence-corrected chi connectivity index (χ3v) is 7.90. The maximum absolute atomic E-state index is 13.9. The average molecular weight is 530 g/mol. The summed E-state index contributed by atoms with van der Waals surface area (Å²) in [5.74, 6) is 0.703. The predicted octanol–water partition coefficient (Wildman–Crippen LogP) is 6.47. The van der Waals surface area contributed by atoms with Crippen molar-refractivity contribution in [1.29, 1.82) is 0 Å². The van der Waals surface area contributed by atoms with Gasteiger partial charge in [-0.15, -0.1) is 0 Å². The number of ketones is 2. The van der Waals surface area contributed by atoms with Crippen molar-refractivity contribution in [3.05, 3.63) is 45.3 Å². The number of carbonyl (C=O) groups is 2. The Kier molecular flexibility index (Phi) is 7.83. The van der Waals surface area contributed by atoms with Gasteiger partial charge in [0.2, 0.25) is 0 Å². The van der Waals surface area contributed by atoms with Gasteiger partial charge >= 0.3 is 0 Å². The number of nitrogens with zero attached hydrogens (tertiary/aromatic N) is 1. The summed E-state index contributed by atoms with van der Waals surface area (Å²) in [5, 5.41) is 0.405. The van der Waals surface area contributed by atoms with Crippen molar-refractivity contribution >= 4 is 23.2 Å². The normalized spacial score (nSPS) is 21.2. The van der Waals surface area contributed by atoms with Gasteiger partial charge in [-0.3, -0.25) is 9.59 Å². The van der Waals surface area contributed by atoms with Gasteiger partial charge in [-0.2, -0.15) is 0 Å². The minimum Gasteiger partial charge on any atom is -0.491 e. The standard InChI is InChI=1S/C30H40ClNO5/c1-8-37-24-13-18(12-19(31)28(24)36-7)25-26-20(14-29(2,3)16-22(26)33)32(10-9-11-35-6)21-15-30(4,5)17-23(34)27(21)25/h12-13,25H,8-11,14-17H2,1-7H3. The molecule has 1 aliphatic heterocycles. The molecule has 6 nitrogen and oxygen atoms in total. The summed E-state index contributed by atoms with van der Waals surface area (Å²) in [4.78, 5) is 30.1. The Balaban J connectivity index is 1.99. The molecular weight excluding hydrogens is 490 g/mol. The summed E-state index contributed by atoms with van der Waals surface area (Å²) in [5.41, 5.74) is 4.00. The SMILES string of the molecule is CCOc1cc(C2C3=C(CC(C)(C)CC3=O)N(CCCOC)C3=C2C(=O)CC(C)(C)C3)cc(Cl)c1OC. The van der Waals surface area contributed by atoms with E-state index in [9.17, 15) is 9.59 Å². The van der Waals surface area contributed by atoms with Crippen molar-refractivity contribution in [3.8, 4) is 11.5 Å². The molecule has 202 valence electrons.